The van der Waals surface area contributed by atoms with Crippen molar-refractivity contribution in [3.8, 4) is 5.75 Å². The molecule has 0 aliphatic rings. The number of hydrogen-bond donors (Lipinski definition) is 2. The summed E-state index contributed by atoms with van der Waals surface area (Å²) >= 11 is 5.86. The molecule has 0 atom stereocenters. The van der Waals surface area contributed by atoms with Gasteiger partial charge in [0.2, 0.25) is 0 Å². The van der Waals surface area contributed by atoms with E-state index in [0.29, 0.717) is 28.5 Å². The molecule has 0 bridgehead atoms. The number of nitrogens with one attached hydrogen (secondary N) is 2. The highest BCUT2D eigenvalue weighted by atomic mass is 35.5. The number of sulfonamides is 1. The maximum absolute atomic E-state index is 12.9. The standard InChI is InChI=1S/C23H21ClN2O5S/c1-3-31-22-12-11-20(14-21(22)25-23(28)16-7-9-18(24)10-8-16)32(29,30)26-19-6-4-5-17(13-19)15(2)27/h4-14,26H,3H2,1-2H3,(H,25,28). The molecule has 166 valence electrons. The maximum atomic E-state index is 12.9. The highest BCUT2D eigenvalue weighted by Gasteiger charge is 2.19. The largest absolute Gasteiger partial charge is 0.492 e. The van der Waals surface area contributed by atoms with Crippen molar-refractivity contribution in [1.29, 1.82) is 0 Å². The molecule has 3 aromatic carbocycles. The first-order chi connectivity index (χ1) is 15.2. The Morgan fingerprint density at radius 2 is 1.69 bits per heavy atom. The normalized spacial score (nSPS) is 11.0. The zero-order valence-electron chi connectivity index (χ0n) is 17.4. The van der Waals surface area contributed by atoms with Crippen molar-refractivity contribution in [3.05, 3.63) is 82.9 Å². The van der Waals surface area contributed by atoms with E-state index < -0.39 is 15.9 Å². The Bertz CT molecular complexity index is 1260. The molecule has 3 aromatic rings. The van der Waals surface area contributed by atoms with Crippen LogP contribution in [0.15, 0.2) is 71.6 Å². The summed E-state index contributed by atoms with van der Waals surface area (Å²) in [4.78, 5) is 24.1. The summed E-state index contributed by atoms with van der Waals surface area (Å²) in [6.45, 7) is 3.50. The molecule has 32 heavy (non-hydrogen) atoms. The predicted molar refractivity (Wildman–Crippen MR) is 124 cm³/mol. The van der Waals surface area contributed by atoms with Gasteiger partial charge in [-0.3, -0.25) is 14.3 Å². The molecule has 7 nitrogen and oxygen atoms in total. The van der Waals surface area contributed by atoms with E-state index in [1.807, 2.05) is 0 Å². The van der Waals surface area contributed by atoms with Crippen LogP contribution in [0.1, 0.15) is 34.6 Å². The van der Waals surface area contributed by atoms with Gasteiger partial charge < -0.3 is 10.1 Å². The Morgan fingerprint density at radius 1 is 0.969 bits per heavy atom. The average molecular weight is 473 g/mol. The van der Waals surface area contributed by atoms with Crippen LogP contribution in [0.25, 0.3) is 0 Å². The number of ether oxygens (including phenoxy) is 1. The average Bonchev–Trinajstić information content (AvgIpc) is 2.75. The summed E-state index contributed by atoms with van der Waals surface area (Å²) in [5.41, 5.74) is 1.18. The third-order valence-electron chi connectivity index (χ3n) is 4.44. The monoisotopic (exact) mass is 472 g/mol. The Morgan fingerprint density at radius 3 is 2.34 bits per heavy atom. The van der Waals surface area contributed by atoms with Crippen LogP contribution in [0, 0.1) is 0 Å². The van der Waals surface area contributed by atoms with E-state index >= 15 is 0 Å². The molecule has 0 spiro atoms. The molecule has 0 fully saturated rings. The van der Waals surface area contributed by atoms with Crippen molar-refractivity contribution in [2.24, 2.45) is 0 Å². The van der Waals surface area contributed by atoms with Crippen LogP contribution < -0.4 is 14.8 Å². The third kappa shape index (κ3) is 5.66. The van der Waals surface area contributed by atoms with Crippen molar-refractivity contribution >= 4 is 44.7 Å². The molecule has 0 saturated carbocycles. The predicted octanol–water partition coefficient (Wildman–Crippen LogP) is 4.99. The second-order valence-electron chi connectivity index (χ2n) is 6.79. The Labute approximate surface area is 191 Å². The zero-order chi connectivity index (χ0) is 23.3. The first kappa shape index (κ1) is 23.3. The number of hydrogen-bond acceptors (Lipinski definition) is 5. The molecule has 0 heterocycles. The highest BCUT2D eigenvalue weighted by molar-refractivity contribution is 7.92. The van der Waals surface area contributed by atoms with E-state index in [0.717, 1.165) is 0 Å². The molecule has 0 radical (unpaired) electrons. The lowest BCUT2D eigenvalue weighted by atomic mass is 10.1. The fourth-order valence-electron chi connectivity index (χ4n) is 2.87. The molecular formula is C23H21ClN2O5S. The van der Waals surface area contributed by atoms with Crippen molar-refractivity contribution in [1.82, 2.24) is 0 Å². The van der Waals surface area contributed by atoms with Crippen molar-refractivity contribution in [2.45, 2.75) is 18.7 Å². The van der Waals surface area contributed by atoms with E-state index in [2.05, 4.69) is 10.0 Å². The molecule has 3 rings (SSSR count). The summed E-state index contributed by atoms with van der Waals surface area (Å²) in [6.07, 6.45) is 0. The minimum atomic E-state index is -4.00. The summed E-state index contributed by atoms with van der Waals surface area (Å²) in [7, 11) is -4.00. The van der Waals surface area contributed by atoms with Crippen LogP contribution in [-0.4, -0.2) is 26.7 Å². The second-order valence-corrected chi connectivity index (χ2v) is 8.91. The van der Waals surface area contributed by atoms with Gasteiger partial charge in [-0.1, -0.05) is 23.7 Å². The molecule has 2 N–H and O–H groups in total. The van der Waals surface area contributed by atoms with Gasteiger partial charge in [0.15, 0.2) is 5.78 Å². The van der Waals surface area contributed by atoms with Gasteiger partial charge in [-0.05, 0) is 68.4 Å². The van der Waals surface area contributed by atoms with E-state index in [4.69, 9.17) is 16.3 Å². The van der Waals surface area contributed by atoms with Crippen LogP contribution in [0.5, 0.6) is 5.75 Å². The molecule has 0 saturated heterocycles. The minimum absolute atomic E-state index is 0.0828. The number of Topliss-reactive ketones (excluding diaryl/α,β-unsaturated/α-hetero) is 1. The van der Waals surface area contributed by atoms with Gasteiger partial charge in [0.05, 0.1) is 17.2 Å². The Hall–Kier alpha value is -3.36. The lowest BCUT2D eigenvalue weighted by Gasteiger charge is -2.14. The van der Waals surface area contributed by atoms with Crippen molar-refractivity contribution < 1.29 is 22.7 Å². The van der Waals surface area contributed by atoms with Gasteiger partial charge in [-0.25, -0.2) is 8.42 Å². The Balaban J connectivity index is 1.91. The van der Waals surface area contributed by atoms with Crippen LogP contribution in [0.2, 0.25) is 5.02 Å². The Kier molecular flexibility index (Phi) is 7.17. The molecule has 0 aliphatic carbocycles. The van der Waals surface area contributed by atoms with Crippen molar-refractivity contribution in [2.75, 3.05) is 16.6 Å². The molecule has 0 aliphatic heterocycles. The molecule has 9 heteroatoms. The van der Waals surface area contributed by atoms with E-state index in [9.17, 15) is 18.0 Å². The van der Waals surface area contributed by atoms with E-state index in [-0.39, 0.29) is 22.1 Å². The first-order valence-electron chi connectivity index (χ1n) is 9.67. The fourth-order valence-corrected chi connectivity index (χ4v) is 4.07. The van der Waals surface area contributed by atoms with E-state index in [1.54, 1.807) is 49.4 Å². The first-order valence-corrected chi connectivity index (χ1v) is 11.5. The third-order valence-corrected chi connectivity index (χ3v) is 6.07. The molecule has 0 aromatic heterocycles. The van der Waals surface area contributed by atoms with Crippen LogP contribution in [0.3, 0.4) is 0 Å². The summed E-state index contributed by atoms with van der Waals surface area (Å²) in [5.74, 6) is -0.300. The van der Waals surface area contributed by atoms with Crippen LogP contribution in [0.4, 0.5) is 11.4 Å². The zero-order valence-corrected chi connectivity index (χ0v) is 19.0. The van der Waals surface area contributed by atoms with Gasteiger partial charge in [0, 0.05) is 21.8 Å². The highest BCUT2D eigenvalue weighted by Crippen LogP contribution is 2.29. The number of carbonyl (C=O) groups excluding carboxylic acids is 2. The molecular weight excluding hydrogens is 452 g/mol. The number of halogens is 1. The lowest BCUT2D eigenvalue weighted by molar-refractivity contribution is 0.101. The second kappa shape index (κ2) is 9.84. The topological polar surface area (TPSA) is 102 Å². The summed E-state index contributed by atoms with van der Waals surface area (Å²) in [5, 5.41) is 3.18. The number of rotatable bonds is 8. The van der Waals surface area contributed by atoms with E-state index in [1.165, 1.54) is 31.2 Å². The number of benzene rings is 3. The summed E-state index contributed by atoms with van der Waals surface area (Å²) in [6, 6.07) is 16.6. The quantitative estimate of drug-likeness (QED) is 0.449. The number of ketones is 1. The fraction of sp³-hybridized carbons (Fsp3) is 0.130. The number of carbonyl (C=O) groups is 2. The minimum Gasteiger partial charge on any atom is -0.492 e. The SMILES string of the molecule is CCOc1ccc(S(=O)(=O)Nc2cccc(C(C)=O)c2)cc1NC(=O)c1ccc(Cl)cc1. The van der Waals surface area contributed by atoms with Crippen LogP contribution >= 0.6 is 11.6 Å². The smallest absolute Gasteiger partial charge is 0.261 e. The van der Waals surface area contributed by atoms with Gasteiger partial charge in [0.1, 0.15) is 5.75 Å². The number of anilines is 2. The van der Waals surface area contributed by atoms with Gasteiger partial charge in [-0.15, -0.1) is 0 Å². The van der Waals surface area contributed by atoms with Gasteiger partial charge >= 0.3 is 0 Å². The van der Waals surface area contributed by atoms with Gasteiger partial charge in [0.25, 0.3) is 15.9 Å². The number of amides is 1. The molecule has 0 unspecified atom stereocenters. The molecule has 1 amide bonds. The lowest BCUT2D eigenvalue weighted by Crippen LogP contribution is -2.16. The van der Waals surface area contributed by atoms with Crippen LogP contribution in [-0.2, 0) is 10.0 Å². The maximum Gasteiger partial charge on any atom is 0.261 e. The van der Waals surface area contributed by atoms with Crippen molar-refractivity contribution in [3.63, 3.8) is 0 Å². The van der Waals surface area contributed by atoms with Gasteiger partial charge in [-0.2, -0.15) is 0 Å². The summed E-state index contributed by atoms with van der Waals surface area (Å²) < 4.78 is 33.9.